The molecule has 1 aromatic heterocycles. The summed E-state index contributed by atoms with van der Waals surface area (Å²) in [7, 11) is -3.92. The number of ether oxygens (including phenoxy) is 1. The highest BCUT2D eigenvalue weighted by Crippen LogP contribution is 2.25. The Morgan fingerprint density at radius 3 is 2.28 bits per heavy atom. The van der Waals surface area contributed by atoms with Crippen LogP contribution in [0.5, 0.6) is 5.75 Å². The Labute approximate surface area is 186 Å². The molecule has 3 rings (SSSR count). The molecule has 1 saturated heterocycles. The quantitative estimate of drug-likeness (QED) is 0.641. The van der Waals surface area contributed by atoms with Crippen LogP contribution < -0.4 is 10.1 Å². The number of alkyl halides is 3. The maximum atomic E-state index is 12.7. The number of nitrogens with one attached hydrogen (secondary N) is 1. The fourth-order valence-electron chi connectivity index (χ4n) is 3.08. The summed E-state index contributed by atoms with van der Waals surface area (Å²) in [6.07, 6.45) is -4.78. The van der Waals surface area contributed by atoms with Gasteiger partial charge in [0.15, 0.2) is 0 Å². The summed E-state index contributed by atoms with van der Waals surface area (Å²) in [5, 5.41) is 4.44. The third-order valence-corrected chi connectivity index (χ3v) is 7.44. The maximum absolute atomic E-state index is 12.7. The molecule has 0 bridgehead atoms. The Hall–Kier alpha value is -2.64. The van der Waals surface area contributed by atoms with Crippen molar-refractivity contribution in [3.05, 3.63) is 46.7 Å². The Bertz CT molecular complexity index is 1030. The zero-order valence-electron chi connectivity index (χ0n) is 16.7. The van der Waals surface area contributed by atoms with Gasteiger partial charge in [-0.25, -0.2) is 8.42 Å². The summed E-state index contributed by atoms with van der Waals surface area (Å²) in [6.45, 7) is 0.617. The number of carbonyl (C=O) groups excluding carboxylic acids is 2. The summed E-state index contributed by atoms with van der Waals surface area (Å²) in [5.41, 5.74) is 0. The highest BCUT2D eigenvalue weighted by molar-refractivity contribution is 7.89. The number of benzene rings is 1. The Morgan fingerprint density at radius 1 is 1.06 bits per heavy atom. The molecule has 13 heteroatoms. The van der Waals surface area contributed by atoms with E-state index in [1.54, 1.807) is 17.5 Å². The highest BCUT2D eigenvalue weighted by Gasteiger charge is 2.32. The van der Waals surface area contributed by atoms with Crippen molar-refractivity contribution in [1.82, 2.24) is 14.5 Å². The van der Waals surface area contributed by atoms with Crippen molar-refractivity contribution in [2.24, 2.45) is 0 Å². The lowest BCUT2D eigenvalue weighted by Gasteiger charge is -2.34. The monoisotopic (exact) mass is 491 g/mol. The van der Waals surface area contributed by atoms with Crippen LogP contribution in [-0.4, -0.2) is 68.5 Å². The van der Waals surface area contributed by atoms with E-state index in [1.807, 2.05) is 0 Å². The normalized spacial score (nSPS) is 15.4. The largest absolute Gasteiger partial charge is 0.573 e. The van der Waals surface area contributed by atoms with E-state index in [-0.39, 0.29) is 55.9 Å². The van der Waals surface area contributed by atoms with Crippen LogP contribution in [0.2, 0.25) is 0 Å². The topological polar surface area (TPSA) is 96.0 Å². The third-order valence-electron chi connectivity index (χ3n) is 4.66. The van der Waals surface area contributed by atoms with Gasteiger partial charge in [0, 0.05) is 39.1 Å². The number of halogens is 3. The Kier molecular flexibility index (Phi) is 7.41. The van der Waals surface area contributed by atoms with E-state index < -0.39 is 22.1 Å². The van der Waals surface area contributed by atoms with E-state index >= 15 is 0 Å². The molecule has 1 aliphatic heterocycles. The second kappa shape index (κ2) is 9.88. The standard InChI is InChI=1S/C19H20F3N3O5S2/c20-19(21,22)30-14-3-5-15(6-4-14)32(28,29)25-11-9-24(10-12-25)17(26)7-8-23-18(27)16-2-1-13-31-16/h1-6,13H,7-12H2,(H,23,27). The maximum Gasteiger partial charge on any atom is 0.573 e. The van der Waals surface area contributed by atoms with Gasteiger partial charge in [-0.05, 0) is 35.7 Å². The minimum Gasteiger partial charge on any atom is -0.406 e. The molecule has 32 heavy (non-hydrogen) atoms. The van der Waals surface area contributed by atoms with Crippen molar-refractivity contribution in [1.29, 1.82) is 0 Å². The summed E-state index contributed by atoms with van der Waals surface area (Å²) in [6, 6.07) is 7.39. The average Bonchev–Trinajstić information content (AvgIpc) is 3.28. The molecular weight excluding hydrogens is 471 g/mol. The van der Waals surface area contributed by atoms with Gasteiger partial charge in [0.05, 0.1) is 9.77 Å². The van der Waals surface area contributed by atoms with E-state index in [0.29, 0.717) is 4.88 Å². The van der Waals surface area contributed by atoms with E-state index in [2.05, 4.69) is 10.1 Å². The summed E-state index contributed by atoms with van der Waals surface area (Å²) in [5.74, 6) is -0.976. The van der Waals surface area contributed by atoms with Gasteiger partial charge >= 0.3 is 6.36 Å². The molecule has 2 heterocycles. The molecule has 0 unspecified atom stereocenters. The first-order valence-corrected chi connectivity index (χ1v) is 11.8. The molecule has 0 atom stereocenters. The predicted molar refractivity (Wildman–Crippen MR) is 110 cm³/mol. The average molecular weight is 492 g/mol. The van der Waals surface area contributed by atoms with Gasteiger partial charge in [0.1, 0.15) is 5.75 Å². The molecule has 0 radical (unpaired) electrons. The highest BCUT2D eigenvalue weighted by atomic mass is 32.2. The van der Waals surface area contributed by atoms with Crippen LogP contribution in [0.3, 0.4) is 0 Å². The zero-order chi connectivity index (χ0) is 23.4. The molecule has 8 nitrogen and oxygen atoms in total. The summed E-state index contributed by atoms with van der Waals surface area (Å²) >= 11 is 1.29. The predicted octanol–water partition coefficient (Wildman–Crippen LogP) is 2.30. The van der Waals surface area contributed by atoms with Crippen molar-refractivity contribution >= 4 is 33.2 Å². The molecule has 1 fully saturated rings. The van der Waals surface area contributed by atoms with Crippen LogP contribution in [0.1, 0.15) is 16.1 Å². The van der Waals surface area contributed by atoms with Gasteiger partial charge in [-0.15, -0.1) is 24.5 Å². The van der Waals surface area contributed by atoms with E-state index in [0.717, 1.165) is 24.3 Å². The lowest BCUT2D eigenvalue weighted by molar-refractivity contribution is -0.274. The van der Waals surface area contributed by atoms with Crippen LogP contribution in [0.15, 0.2) is 46.7 Å². The van der Waals surface area contributed by atoms with E-state index in [9.17, 15) is 31.2 Å². The lowest BCUT2D eigenvalue weighted by atomic mass is 10.3. The molecular formula is C19H20F3N3O5S2. The first kappa shape index (κ1) is 24.0. The van der Waals surface area contributed by atoms with E-state index in [1.165, 1.54) is 20.5 Å². The molecule has 0 aliphatic carbocycles. The van der Waals surface area contributed by atoms with Gasteiger partial charge in [0.25, 0.3) is 5.91 Å². The molecule has 1 aromatic carbocycles. The van der Waals surface area contributed by atoms with Gasteiger partial charge in [0.2, 0.25) is 15.9 Å². The SMILES string of the molecule is O=C(NCCC(=O)N1CCN(S(=O)(=O)c2ccc(OC(F)(F)F)cc2)CC1)c1cccs1. The van der Waals surface area contributed by atoms with Crippen molar-refractivity contribution in [3.8, 4) is 5.75 Å². The third kappa shape index (κ3) is 6.20. The van der Waals surface area contributed by atoms with E-state index in [4.69, 9.17) is 0 Å². The van der Waals surface area contributed by atoms with Crippen molar-refractivity contribution in [2.75, 3.05) is 32.7 Å². The molecule has 1 aliphatic rings. The molecule has 2 aromatic rings. The molecule has 2 amide bonds. The van der Waals surface area contributed by atoms with Crippen LogP contribution in [0.25, 0.3) is 0 Å². The molecule has 0 saturated carbocycles. The second-order valence-corrected chi connectivity index (χ2v) is 9.67. The first-order chi connectivity index (χ1) is 15.1. The van der Waals surface area contributed by atoms with Crippen molar-refractivity contribution < 1.29 is 35.9 Å². The van der Waals surface area contributed by atoms with Crippen LogP contribution in [0.4, 0.5) is 13.2 Å². The molecule has 0 spiro atoms. The Balaban J connectivity index is 1.48. The van der Waals surface area contributed by atoms with Gasteiger partial charge < -0.3 is 15.0 Å². The Morgan fingerprint density at radius 2 is 1.72 bits per heavy atom. The van der Waals surface area contributed by atoms with Crippen molar-refractivity contribution in [2.45, 2.75) is 17.7 Å². The number of piperazine rings is 1. The number of sulfonamides is 1. The van der Waals surface area contributed by atoms with Gasteiger partial charge in [-0.2, -0.15) is 4.31 Å². The fraction of sp³-hybridized carbons (Fsp3) is 0.368. The first-order valence-electron chi connectivity index (χ1n) is 9.52. The summed E-state index contributed by atoms with van der Waals surface area (Å²) < 4.78 is 67.1. The molecule has 1 N–H and O–H groups in total. The van der Waals surface area contributed by atoms with Crippen molar-refractivity contribution in [3.63, 3.8) is 0 Å². The zero-order valence-corrected chi connectivity index (χ0v) is 18.3. The summed E-state index contributed by atoms with van der Waals surface area (Å²) in [4.78, 5) is 26.1. The fourth-order valence-corrected chi connectivity index (χ4v) is 5.14. The van der Waals surface area contributed by atoms with Gasteiger partial charge in [-0.3, -0.25) is 9.59 Å². The van der Waals surface area contributed by atoms with Crippen LogP contribution in [-0.2, 0) is 14.8 Å². The molecule has 174 valence electrons. The number of hydrogen-bond donors (Lipinski definition) is 1. The lowest BCUT2D eigenvalue weighted by Crippen LogP contribution is -2.50. The minimum atomic E-state index is -4.87. The number of rotatable bonds is 7. The van der Waals surface area contributed by atoms with Crippen LogP contribution in [0, 0.1) is 0 Å². The van der Waals surface area contributed by atoms with Crippen LogP contribution >= 0.6 is 11.3 Å². The number of thiophene rings is 1. The smallest absolute Gasteiger partial charge is 0.406 e. The van der Waals surface area contributed by atoms with Gasteiger partial charge in [-0.1, -0.05) is 6.07 Å². The number of amides is 2. The number of hydrogen-bond acceptors (Lipinski definition) is 6. The second-order valence-electron chi connectivity index (χ2n) is 6.79. The minimum absolute atomic E-state index is 0.0520. The number of nitrogens with zero attached hydrogens (tertiary/aromatic N) is 2. The number of carbonyl (C=O) groups is 2.